The Morgan fingerprint density at radius 2 is 2.30 bits per heavy atom. The van der Waals surface area contributed by atoms with Gasteiger partial charge in [0.2, 0.25) is 0 Å². The summed E-state index contributed by atoms with van der Waals surface area (Å²) in [5.74, 6) is -0.186. The zero-order chi connectivity index (χ0) is 7.14. The van der Waals surface area contributed by atoms with Crippen LogP contribution in [-0.2, 0) is 6.42 Å². The molecule has 0 saturated carbocycles. The Bertz CT molecular complexity index is 270. The first-order valence-corrected chi connectivity index (χ1v) is 3.31. The number of hydrogen-bond acceptors (Lipinski definition) is 1. The Morgan fingerprint density at radius 1 is 1.50 bits per heavy atom. The van der Waals surface area contributed by atoms with Crippen LogP contribution < -0.4 is 5.73 Å². The summed E-state index contributed by atoms with van der Waals surface area (Å²) in [5.41, 5.74) is 7.75. The molecule has 0 amide bonds. The van der Waals surface area contributed by atoms with Gasteiger partial charge in [0.25, 0.3) is 0 Å². The highest BCUT2D eigenvalue weighted by molar-refractivity contribution is 5.39. The van der Waals surface area contributed by atoms with Gasteiger partial charge >= 0.3 is 0 Å². The third-order valence-corrected chi connectivity index (χ3v) is 1.95. The van der Waals surface area contributed by atoms with Crippen LogP contribution in [0.5, 0.6) is 0 Å². The topological polar surface area (TPSA) is 26.0 Å². The van der Waals surface area contributed by atoms with E-state index in [2.05, 4.69) is 0 Å². The third-order valence-electron chi connectivity index (χ3n) is 1.95. The zero-order valence-electron chi connectivity index (χ0n) is 5.47. The van der Waals surface area contributed by atoms with Crippen LogP contribution in [0.1, 0.15) is 17.2 Å². The Labute approximate surface area is 58.7 Å². The lowest BCUT2D eigenvalue weighted by Gasteiger charge is -2.26. The van der Waals surface area contributed by atoms with Crippen molar-refractivity contribution in [1.82, 2.24) is 0 Å². The van der Waals surface area contributed by atoms with Gasteiger partial charge in [0.1, 0.15) is 5.82 Å². The van der Waals surface area contributed by atoms with E-state index in [0.717, 1.165) is 12.0 Å². The molecule has 2 heteroatoms. The van der Waals surface area contributed by atoms with Gasteiger partial charge < -0.3 is 5.73 Å². The first-order valence-electron chi connectivity index (χ1n) is 3.31. The van der Waals surface area contributed by atoms with Crippen molar-refractivity contribution >= 4 is 0 Å². The predicted octanol–water partition coefficient (Wildman–Crippen LogP) is 1.38. The van der Waals surface area contributed by atoms with Gasteiger partial charge in [-0.2, -0.15) is 0 Å². The summed E-state index contributed by atoms with van der Waals surface area (Å²) >= 11 is 0. The molecule has 2 rings (SSSR count). The largest absolute Gasteiger partial charge is 0.324 e. The maximum atomic E-state index is 12.5. The molecule has 0 aliphatic heterocycles. The number of rotatable bonds is 0. The summed E-state index contributed by atoms with van der Waals surface area (Å²) in [4.78, 5) is 0. The average Bonchev–Trinajstić information content (AvgIpc) is 1.92. The van der Waals surface area contributed by atoms with Crippen molar-refractivity contribution in [3.05, 3.63) is 35.1 Å². The molecule has 10 heavy (non-hydrogen) atoms. The van der Waals surface area contributed by atoms with Crippen molar-refractivity contribution in [1.29, 1.82) is 0 Å². The standard InChI is InChI=1S/C8H8FN/c9-6-2-1-5-3-8(10)7(5)4-6/h1-2,4,8H,3,10H2/t8-/m0/s1. The molecule has 1 aromatic rings. The summed E-state index contributed by atoms with van der Waals surface area (Å²) in [6, 6.07) is 4.87. The minimum Gasteiger partial charge on any atom is -0.324 e. The van der Waals surface area contributed by atoms with Crippen molar-refractivity contribution in [3.63, 3.8) is 0 Å². The second kappa shape index (κ2) is 1.80. The lowest BCUT2D eigenvalue weighted by atomic mass is 9.84. The molecule has 1 nitrogen and oxygen atoms in total. The number of nitrogens with two attached hydrogens (primary N) is 1. The van der Waals surface area contributed by atoms with Gasteiger partial charge in [-0.05, 0) is 29.7 Å². The highest BCUT2D eigenvalue weighted by Gasteiger charge is 2.21. The van der Waals surface area contributed by atoms with Crippen molar-refractivity contribution in [2.45, 2.75) is 12.5 Å². The summed E-state index contributed by atoms with van der Waals surface area (Å²) in [6.07, 6.45) is 0.898. The van der Waals surface area contributed by atoms with Crippen molar-refractivity contribution < 1.29 is 4.39 Å². The molecule has 1 aromatic carbocycles. The van der Waals surface area contributed by atoms with Crippen LogP contribution in [-0.4, -0.2) is 0 Å². The Morgan fingerprint density at radius 3 is 2.90 bits per heavy atom. The van der Waals surface area contributed by atoms with Crippen LogP contribution in [0.4, 0.5) is 4.39 Å². The maximum Gasteiger partial charge on any atom is 0.123 e. The fourth-order valence-electron chi connectivity index (χ4n) is 1.31. The highest BCUT2D eigenvalue weighted by atomic mass is 19.1. The predicted molar refractivity (Wildman–Crippen MR) is 37.0 cm³/mol. The Balaban J connectivity index is 2.51. The average molecular weight is 137 g/mol. The fourth-order valence-corrected chi connectivity index (χ4v) is 1.31. The first kappa shape index (κ1) is 5.86. The fraction of sp³-hybridized carbons (Fsp3) is 0.250. The molecule has 0 fully saturated rings. The third kappa shape index (κ3) is 0.656. The SMILES string of the molecule is N[C@H]1Cc2ccc(F)cc21. The van der Waals surface area contributed by atoms with Gasteiger partial charge in [0.05, 0.1) is 0 Å². The van der Waals surface area contributed by atoms with Gasteiger partial charge in [-0.25, -0.2) is 4.39 Å². The molecule has 52 valence electrons. The van der Waals surface area contributed by atoms with E-state index in [1.807, 2.05) is 0 Å². The zero-order valence-corrected chi connectivity index (χ0v) is 5.47. The summed E-state index contributed by atoms with van der Waals surface area (Å²) in [5, 5.41) is 0. The number of hydrogen-bond donors (Lipinski definition) is 1. The molecule has 0 saturated heterocycles. The molecule has 0 heterocycles. The molecule has 0 unspecified atom stereocenters. The molecular weight excluding hydrogens is 129 g/mol. The summed E-state index contributed by atoms with van der Waals surface area (Å²) < 4.78 is 12.5. The van der Waals surface area contributed by atoms with E-state index in [1.54, 1.807) is 6.07 Å². The van der Waals surface area contributed by atoms with E-state index >= 15 is 0 Å². The summed E-state index contributed by atoms with van der Waals surface area (Å²) in [7, 11) is 0. The van der Waals surface area contributed by atoms with Gasteiger partial charge in [-0.3, -0.25) is 0 Å². The minimum atomic E-state index is -0.186. The highest BCUT2D eigenvalue weighted by Crippen LogP contribution is 2.30. The van der Waals surface area contributed by atoms with E-state index in [9.17, 15) is 4.39 Å². The molecule has 1 atom stereocenters. The van der Waals surface area contributed by atoms with Gasteiger partial charge in [0.15, 0.2) is 0 Å². The molecular formula is C8H8FN. The second-order valence-corrected chi connectivity index (χ2v) is 2.65. The molecule has 0 aromatic heterocycles. The normalized spacial score (nSPS) is 21.6. The van der Waals surface area contributed by atoms with Crippen LogP contribution in [0.15, 0.2) is 18.2 Å². The molecule has 1 aliphatic carbocycles. The maximum absolute atomic E-state index is 12.5. The summed E-state index contributed by atoms with van der Waals surface area (Å²) in [6.45, 7) is 0. The Hall–Kier alpha value is -0.890. The Kier molecular flexibility index (Phi) is 1.05. The van der Waals surface area contributed by atoms with E-state index in [-0.39, 0.29) is 11.9 Å². The number of halogens is 1. The second-order valence-electron chi connectivity index (χ2n) is 2.65. The molecule has 0 spiro atoms. The number of benzene rings is 1. The van der Waals surface area contributed by atoms with Crippen LogP contribution >= 0.6 is 0 Å². The van der Waals surface area contributed by atoms with E-state index < -0.39 is 0 Å². The van der Waals surface area contributed by atoms with Gasteiger partial charge in [-0.1, -0.05) is 6.07 Å². The molecule has 2 N–H and O–H groups in total. The van der Waals surface area contributed by atoms with Crippen LogP contribution in [0, 0.1) is 5.82 Å². The smallest absolute Gasteiger partial charge is 0.123 e. The number of fused-ring (bicyclic) bond motifs is 1. The molecule has 0 radical (unpaired) electrons. The van der Waals surface area contributed by atoms with Crippen molar-refractivity contribution in [2.75, 3.05) is 0 Å². The van der Waals surface area contributed by atoms with Gasteiger partial charge in [0, 0.05) is 6.04 Å². The van der Waals surface area contributed by atoms with E-state index in [1.165, 1.54) is 17.7 Å². The van der Waals surface area contributed by atoms with Crippen LogP contribution in [0.25, 0.3) is 0 Å². The van der Waals surface area contributed by atoms with E-state index in [0.29, 0.717) is 0 Å². The first-order chi connectivity index (χ1) is 4.77. The van der Waals surface area contributed by atoms with E-state index in [4.69, 9.17) is 5.73 Å². The quantitative estimate of drug-likeness (QED) is 0.574. The van der Waals surface area contributed by atoms with Crippen molar-refractivity contribution in [3.8, 4) is 0 Å². The molecule has 0 bridgehead atoms. The van der Waals surface area contributed by atoms with Crippen LogP contribution in [0.2, 0.25) is 0 Å². The van der Waals surface area contributed by atoms with Crippen LogP contribution in [0.3, 0.4) is 0 Å². The lowest BCUT2D eigenvalue weighted by Crippen LogP contribution is -2.24. The monoisotopic (exact) mass is 137 g/mol. The van der Waals surface area contributed by atoms with Gasteiger partial charge in [-0.15, -0.1) is 0 Å². The van der Waals surface area contributed by atoms with Crippen molar-refractivity contribution in [2.24, 2.45) is 5.73 Å². The minimum absolute atomic E-state index is 0.0747. The lowest BCUT2D eigenvalue weighted by molar-refractivity contribution is 0.591. The molecule has 1 aliphatic rings.